The average molecular weight is 214 g/mol. The molecule has 5 nitrogen and oxygen atoms in total. The van der Waals surface area contributed by atoms with E-state index in [2.05, 4.69) is 10.2 Å². The summed E-state index contributed by atoms with van der Waals surface area (Å²) in [5.41, 5.74) is 0. The Balaban J connectivity index is 1.89. The molecule has 0 radical (unpaired) electrons. The number of hydrogen-bond acceptors (Lipinski definition) is 5. The molecule has 0 aromatic carbocycles. The van der Waals surface area contributed by atoms with Gasteiger partial charge < -0.3 is 14.8 Å². The van der Waals surface area contributed by atoms with Crippen LogP contribution in [0.2, 0.25) is 0 Å². The largest absolute Gasteiger partial charge is 0.464 e. The van der Waals surface area contributed by atoms with Crippen molar-refractivity contribution in [2.45, 2.75) is 18.6 Å². The second-order valence-electron chi connectivity index (χ2n) is 4.02. The summed E-state index contributed by atoms with van der Waals surface area (Å²) >= 11 is 0. The van der Waals surface area contributed by atoms with Crippen LogP contribution < -0.4 is 5.32 Å². The van der Waals surface area contributed by atoms with Crippen molar-refractivity contribution in [1.82, 2.24) is 10.2 Å². The second kappa shape index (κ2) is 4.92. The van der Waals surface area contributed by atoms with E-state index in [0.29, 0.717) is 13.2 Å². The number of likely N-dealkylation sites (N-methyl/N-ethyl adjacent to an activating group) is 1. The fraction of sp³-hybridized carbons (Fsp3) is 0.900. The third-order valence-corrected chi connectivity index (χ3v) is 2.95. The first kappa shape index (κ1) is 10.9. The summed E-state index contributed by atoms with van der Waals surface area (Å²) in [5, 5.41) is 3.09. The molecule has 0 amide bonds. The number of cyclic esters (lactones) is 1. The van der Waals surface area contributed by atoms with E-state index in [1.165, 1.54) is 0 Å². The fourth-order valence-electron chi connectivity index (χ4n) is 2.19. The molecule has 0 bridgehead atoms. The van der Waals surface area contributed by atoms with Crippen molar-refractivity contribution < 1.29 is 14.3 Å². The number of carbonyl (C=O) groups excluding carboxylic acids is 1. The van der Waals surface area contributed by atoms with E-state index < -0.39 is 0 Å². The van der Waals surface area contributed by atoms with Gasteiger partial charge in [0.1, 0.15) is 6.04 Å². The minimum atomic E-state index is -0.0693. The molecule has 0 aromatic heterocycles. The number of ether oxygens (including phenoxy) is 2. The number of rotatable bonds is 3. The lowest BCUT2D eigenvalue weighted by Gasteiger charge is -2.34. The normalized spacial score (nSPS) is 33.0. The van der Waals surface area contributed by atoms with Crippen LogP contribution in [-0.2, 0) is 14.3 Å². The van der Waals surface area contributed by atoms with Gasteiger partial charge in [-0.25, -0.2) is 0 Å². The summed E-state index contributed by atoms with van der Waals surface area (Å²) in [6.07, 6.45) is 1.02. The Kier molecular flexibility index (Phi) is 3.56. The van der Waals surface area contributed by atoms with Gasteiger partial charge >= 0.3 is 5.97 Å². The average Bonchev–Trinajstić information content (AvgIpc) is 2.65. The van der Waals surface area contributed by atoms with Crippen LogP contribution in [0.3, 0.4) is 0 Å². The molecule has 0 aliphatic carbocycles. The van der Waals surface area contributed by atoms with Crippen molar-refractivity contribution in [1.29, 1.82) is 0 Å². The first-order valence-electron chi connectivity index (χ1n) is 5.48. The van der Waals surface area contributed by atoms with E-state index in [9.17, 15) is 4.79 Å². The van der Waals surface area contributed by atoms with Gasteiger partial charge in [0, 0.05) is 26.1 Å². The summed E-state index contributed by atoms with van der Waals surface area (Å²) in [5.74, 6) is -0.0693. The zero-order valence-electron chi connectivity index (χ0n) is 9.07. The van der Waals surface area contributed by atoms with Gasteiger partial charge in [-0.05, 0) is 7.05 Å². The van der Waals surface area contributed by atoms with E-state index in [1.54, 1.807) is 0 Å². The van der Waals surface area contributed by atoms with Gasteiger partial charge in [-0.3, -0.25) is 9.69 Å². The van der Waals surface area contributed by atoms with Crippen molar-refractivity contribution in [2.24, 2.45) is 0 Å². The quantitative estimate of drug-likeness (QED) is 0.625. The Hall–Kier alpha value is -0.650. The lowest BCUT2D eigenvalue weighted by molar-refractivity contribution is -0.144. The van der Waals surface area contributed by atoms with Crippen LogP contribution in [0.4, 0.5) is 0 Å². The Morgan fingerprint density at radius 1 is 1.53 bits per heavy atom. The molecule has 0 spiro atoms. The lowest BCUT2D eigenvalue weighted by atomic mass is 10.1. The SMILES string of the molecule is CNCC1CN(C2CCOC2=O)CCO1. The zero-order valence-corrected chi connectivity index (χ0v) is 9.07. The zero-order chi connectivity index (χ0) is 10.7. The van der Waals surface area contributed by atoms with Crippen molar-refractivity contribution in [2.75, 3.05) is 39.9 Å². The summed E-state index contributed by atoms with van der Waals surface area (Å²) in [4.78, 5) is 13.6. The number of esters is 1. The van der Waals surface area contributed by atoms with E-state index in [1.807, 2.05) is 7.05 Å². The molecule has 2 aliphatic rings. The molecule has 0 aromatic rings. The van der Waals surface area contributed by atoms with Crippen molar-refractivity contribution >= 4 is 5.97 Å². The Morgan fingerprint density at radius 3 is 3.07 bits per heavy atom. The van der Waals surface area contributed by atoms with Crippen LogP contribution >= 0.6 is 0 Å². The van der Waals surface area contributed by atoms with Gasteiger partial charge in [0.05, 0.1) is 19.3 Å². The highest BCUT2D eigenvalue weighted by Gasteiger charge is 2.35. The van der Waals surface area contributed by atoms with Crippen LogP contribution in [0.25, 0.3) is 0 Å². The van der Waals surface area contributed by atoms with Crippen LogP contribution in [0.5, 0.6) is 0 Å². The molecule has 86 valence electrons. The summed E-state index contributed by atoms with van der Waals surface area (Å²) < 4.78 is 10.6. The first-order chi connectivity index (χ1) is 7.31. The number of carbonyl (C=O) groups is 1. The molecule has 2 aliphatic heterocycles. The number of morpholine rings is 1. The highest BCUT2D eigenvalue weighted by molar-refractivity contribution is 5.77. The first-order valence-corrected chi connectivity index (χ1v) is 5.48. The predicted molar refractivity (Wildman–Crippen MR) is 54.6 cm³/mol. The monoisotopic (exact) mass is 214 g/mol. The Bertz CT molecular complexity index is 233. The van der Waals surface area contributed by atoms with E-state index in [0.717, 1.165) is 26.1 Å². The molecule has 15 heavy (non-hydrogen) atoms. The van der Waals surface area contributed by atoms with Crippen molar-refractivity contribution in [3.05, 3.63) is 0 Å². The third kappa shape index (κ3) is 2.48. The minimum absolute atomic E-state index is 0.0340. The summed E-state index contributed by atoms with van der Waals surface area (Å²) in [6.45, 7) is 3.76. The molecule has 1 N–H and O–H groups in total. The van der Waals surface area contributed by atoms with Gasteiger partial charge in [-0.1, -0.05) is 0 Å². The van der Waals surface area contributed by atoms with Gasteiger partial charge in [0.25, 0.3) is 0 Å². The maximum Gasteiger partial charge on any atom is 0.323 e. The standard InChI is InChI=1S/C10H18N2O3/c1-11-6-8-7-12(3-5-14-8)9-2-4-15-10(9)13/h8-9,11H,2-7H2,1H3. The highest BCUT2D eigenvalue weighted by Crippen LogP contribution is 2.17. The smallest absolute Gasteiger partial charge is 0.323 e. The van der Waals surface area contributed by atoms with Crippen LogP contribution in [0.15, 0.2) is 0 Å². The lowest BCUT2D eigenvalue weighted by Crippen LogP contribution is -2.51. The van der Waals surface area contributed by atoms with E-state index in [-0.39, 0.29) is 18.1 Å². The van der Waals surface area contributed by atoms with Gasteiger partial charge in [0.2, 0.25) is 0 Å². The van der Waals surface area contributed by atoms with Crippen LogP contribution in [0, 0.1) is 0 Å². The minimum Gasteiger partial charge on any atom is -0.464 e. The molecule has 2 saturated heterocycles. The molecule has 5 heteroatoms. The molecule has 2 rings (SSSR count). The fourth-order valence-corrected chi connectivity index (χ4v) is 2.19. The van der Waals surface area contributed by atoms with Crippen molar-refractivity contribution in [3.63, 3.8) is 0 Å². The number of nitrogens with one attached hydrogen (secondary N) is 1. The topological polar surface area (TPSA) is 50.8 Å². The molecule has 2 heterocycles. The van der Waals surface area contributed by atoms with Gasteiger partial charge in [0.15, 0.2) is 0 Å². The Morgan fingerprint density at radius 2 is 2.40 bits per heavy atom. The van der Waals surface area contributed by atoms with E-state index in [4.69, 9.17) is 9.47 Å². The van der Waals surface area contributed by atoms with Crippen LogP contribution in [0.1, 0.15) is 6.42 Å². The number of nitrogens with zero attached hydrogens (tertiary/aromatic N) is 1. The summed E-state index contributed by atoms with van der Waals surface area (Å²) in [6, 6.07) is -0.0340. The maximum absolute atomic E-state index is 11.4. The summed E-state index contributed by atoms with van der Waals surface area (Å²) in [7, 11) is 1.91. The Labute approximate surface area is 89.7 Å². The van der Waals surface area contributed by atoms with E-state index >= 15 is 0 Å². The molecule has 2 fully saturated rings. The molecule has 0 saturated carbocycles. The molecular formula is C10H18N2O3. The third-order valence-electron chi connectivity index (χ3n) is 2.95. The predicted octanol–water partition coefficient (Wildman–Crippen LogP) is -0.778. The van der Waals surface area contributed by atoms with Crippen LogP contribution in [-0.4, -0.2) is 62.9 Å². The van der Waals surface area contributed by atoms with Crippen molar-refractivity contribution in [3.8, 4) is 0 Å². The molecule has 2 atom stereocenters. The van der Waals surface area contributed by atoms with Gasteiger partial charge in [-0.15, -0.1) is 0 Å². The highest BCUT2D eigenvalue weighted by atomic mass is 16.5. The number of hydrogen-bond donors (Lipinski definition) is 1. The molecular weight excluding hydrogens is 196 g/mol. The maximum atomic E-state index is 11.4. The molecule has 2 unspecified atom stereocenters. The van der Waals surface area contributed by atoms with Gasteiger partial charge in [-0.2, -0.15) is 0 Å². The second-order valence-corrected chi connectivity index (χ2v) is 4.02.